The second-order valence-electron chi connectivity index (χ2n) is 4.89. The zero-order chi connectivity index (χ0) is 7.42. The number of fused-ring (bicyclic) bond motifs is 2. The second-order valence-corrected chi connectivity index (χ2v) is 4.89. The second kappa shape index (κ2) is 2.05. The fourth-order valence-electron chi connectivity index (χ4n) is 3.94. The van der Waals surface area contributed by atoms with Crippen LogP contribution >= 0.6 is 0 Å². The predicted octanol–water partition coefficient (Wildman–Crippen LogP) is 2.40. The quantitative estimate of drug-likeness (QED) is 0.460. The van der Waals surface area contributed by atoms with Crippen LogP contribution < -0.4 is 0 Å². The zero-order valence-corrected chi connectivity index (χ0v) is 7.00. The standard InChI is InChI=1S/C10H15B/c11-10-5-8-3-7-2-1-6(8)4-9(7)10/h6-10H,1-5H2. The van der Waals surface area contributed by atoms with Gasteiger partial charge in [0.1, 0.15) is 0 Å². The SMILES string of the molecule is [B]C1CC2CC3CCC2CC13. The molecule has 1 heteroatoms. The van der Waals surface area contributed by atoms with Gasteiger partial charge in [0, 0.05) is 0 Å². The van der Waals surface area contributed by atoms with Gasteiger partial charge in [-0.15, -0.1) is 0 Å². The molecule has 58 valence electrons. The number of rotatable bonds is 0. The average Bonchev–Trinajstić information content (AvgIpc) is 2.05. The summed E-state index contributed by atoms with van der Waals surface area (Å²) < 4.78 is 0. The summed E-state index contributed by atoms with van der Waals surface area (Å²) in [6.45, 7) is 0. The third-order valence-corrected chi connectivity index (χ3v) is 4.49. The molecule has 0 aromatic carbocycles. The van der Waals surface area contributed by atoms with Gasteiger partial charge in [0.15, 0.2) is 0 Å². The van der Waals surface area contributed by atoms with Crippen LogP contribution in [0.15, 0.2) is 0 Å². The van der Waals surface area contributed by atoms with Crippen molar-refractivity contribution in [1.29, 1.82) is 0 Å². The topological polar surface area (TPSA) is 0 Å². The Hall–Kier alpha value is 0.0649. The molecule has 2 radical (unpaired) electrons. The Morgan fingerprint density at radius 2 is 1.64 bits per heavy atom. The lowest BCUT2D eigenvalue weighted by atomic mass is 9.46. The van der Waals surface area contributed by atoms with Crippen molar-refractivity contribution >= 4 is 7.85 Å². The summed E-state index contributed by atoms with van der Waals surface area (Å²) in [6.07, 6.45) is 7.39. The Kier molecular flexibility index (Phi) is 1.23. The molecule has 5 fully saturated rings. The fraction of sp³-hybridized carbons (Fsp3) is 1.00. The molecule has 0 N–H and O–H groups in total. The van der Waals surface area contributed by atoms with E-state index in [1.165, 1.54) is 32.1 Å². The van der Waals surface area contributed by atoms with Gasteiger partial charge in [-0.1, -0.05) is 12.2 Å². The lowest BCUT2D eigenvalue weighted by Gasteiger charge is -2.56. The average molecular weight is 146 g/mol. The van der Waals surface area contributed by atoms with Crippen LogP contribution in [0.25, 0.3) is 0 Å². The number of hydrogen-bond acceptors (Lipinski definition) is 0. The van der Waals surface area contributed by atoms with Crippen LogP contribution in [-0.4, -0.2) is 7.85 Å². The Labute approximate surface area is 70.2 Å². The lowest BCUT2D eigenvalue weighted by Crippen LogP contribution is -2.45. The highest BCUT2D eigenvalue weighted by molar-refractivity contribution is 6.12. The molecule has 11 heavy (non-hydrogen) atoms. The molecule has 5 aliphatic rings. The summed E-state index contributed by atoms with van der Waals surface area (Å²) >= 11 is 0. The summed E-state index contributed by atoms with van der Waals surface area (Å²) in [7, 11) is 6.11. The molecule has 5 rings (SSSR count). The first kappa shape index (κ1) is 6.57. The van der Waals surface area contributed by atoms with Gasteiger partial charge >= 0.3 is 0 Å². The molecule has 5 saturated carbocycles. The largest absolute Gasteiger partial charge is 0.0741 e. The van der Waals surface area contributed by atoms with E-state index in [1.54, 1.807) is 0 Å². The molecule has 0 aliphatic heterocycles. The van der Waals surface area contributed by atoms with Gasteiger partial charge < -0.3 is 0 Å². The van der Waals surface area contributed by atoms with Crippen LogP contribution in [0.5, 0.6) is 0 Å². The van der Waals surface area contributed by atoms with Crippen LogP contribution in [0.1, 0.15) is 32.1 Å². The highest BCUT2D eigenvalue weighted by atomic mass is 14.5. The molecule has 0 aromatic rings. The maximum Gasteiger partial charge on any atom is 0.0703 e. The molecule has 0 heterocycles. The molecule has 5 unspecified atom stereocenters. The summed E-state index contributed by atoms with van der Waals surface area (Å²) in [4.78, 5) is 0. The van der Waals surface area contributed by atoms with Crippen LogP contribution in [0.2, 0.25) is 5.82 Å². The van der Waals surface area contributed by atoms with Gasteiger partial charge in [-0.05, 0) is 49.4 Å². The Bertz CT molecular complexity index is 176. The van der Waals surface area contributed by atoms with E-state index in [0.29, 0.717) is 5.82 Å². The van der Waals surface area contributed by atoms with Crippen molar-refractivity contribution in [3.63, 3.8) is 0 Å². The summed E-state index contributed by atoms with van der Waals surface area (Å²) in [5.74, 6) is 4.67. The van der Waals surface area contributed by atoms with E-state index in [0.717, 1.165) is 23.7 Å². The highest BCUT2D eigenvalue weighted by Gasteiger charge is 2.47. The van der Waals surface area contributed by atoms with E-state index in [-0.39, 0.29) is 0 Å². The van der Waals surface area contributed by atoms with Crippen LogP contribution in [0.4, 0.5) is 0 Å². The fourth-order valence-corrected chi connectivity index (χ4v) is 3.94. The first-order chi connectivity index (χ1) is 5.34. The minimum absolute atomic E-state index is 0.579. The monoisotopic (exact) mass is 146 g/mol. The molecule has 0 saturated heterocycles. The van der Waals surface area contributed by atoms with Gasteiger partial charge in [-0.2, -0.15) is 0 Å². The van der Waals surface area contributed by atoms with Crippen molar-refractivity contribution in [3.8, 4) is 0 Å². The normalized spacial score (nSPS) is 60.2. The highest BCUT2D eigenvalue weighted by Crippen LogP contribution is 2.59. The zero-order valence-electron chi connectivity index (χ0n) is 7.00. The minimum Gasteiger partial charge on any atom is -0.0741 e. The predicted molar refractivity (Wildman–Crippen MR) is 46.5 cm³/mol. The van der Waals surface area contributed by atoms with Crippen molar-refractivity contribution in [2.45, 2.75) is 37.9 Å². The van der Waals surface area contributed by atoms with E-state index in [9.17, 15) is 0 Å². The van der Waals surface area contributed by atoms with Crippen LogP contribution in [0, 0.1) is 23.7 Å². The van der Waals surface area contributed by atoms with E-state index in [4.69, 9.17) is 7.85 Å². The molecule has 5 atom stereocenters. The first-order valence-corrected chi connectivity index (χ1v) is 5.10. The van der Waals surface area contributed by atoms with E-state index in [1.807, 2.05) is 0 Å². The van der Waals surface area contributed by atoms with E-state index < -0.39 is 0 Å². The van der Waals surface area contributed by atoms with Crippen molar-refractivity contribution < 1.29 is 0 Å². The minimum atomic E-state index is 0.579. The Balaban J connectivity index is 1.93. The van der Waals surface area contributed by atoms with Crippen LogP contribution in [0.3, 0.4) is 0 Å². The molecular formula is C10H15B. The molecule has 0 nitrogen and oxygen atoms in total. The van der Waals surface area contributed by atoms with E-state index in [2.05, 4.69) is 0 Å². The maximum absolute atomic E-state index is 6.11. The summed E-state index contributed by atoms with van der Waals surface area (Å²) in [5, 5.41) is 0. The van der Waals surface area contributed by atoms with E-state index >= 15 is 0 Å². The van der Waals surface area contributed by atoms with Crippen molar-refractivity contribution in [3.05, 3.63) is 0 Å². The third kappa shape index (κ3) is 0.775. The summed E-state index contributed by atoms with van der Waals surface area (Å²) in [5.41, 5.74) is 0. The molecule has 5 aliphatic carbocycles. The van der Waals surface area contributed by atoms with Crippen molar-refractivity contribution in [1.82, 2.24) is 0 Å². The Morgan fingerprint density at radius 1 is 0.818 bits per heavy atom. The molecule has 4 bridgehead atoms. The van der Waals surface area contributed by atoms with Gasteiger partial charge in [-0.3, -0.25) is 0 Å². The lowest BCUT2D eigenvalue weighted by molar-refractivity contribution is -0.0154. The van der Waals surface area contributed by atoms with Crippen molar-refractivity contribution in [2.75, 3.05) is 0 Å². The number of hydrogen-bond donors (Lipinski definition) is 0. The van der Waals surface area contributed by atoms with Crippen LogP contribution in [-0.2, 0) is 0 Å². The summed E-state index contributed by atoms with van der Waals surface area (Å²) in [6, 6.07) is 0. The molecular weight excluding hydrogens is 131 g/mol. The van der Waals surface area contributed by atoms with Gasteiger partial charge in [0.2, 0.25) is 0 Å². The molecule has 0 aromatic heterocycles. The third-order valence-electron chi connectivity index (χ3n) is 4.49. The Morgan fingerprint density at radius 3 is 2.18 bits per heavy atom. The molecule has 0 spiro atoms. The molecule has 0 amide bonds. The van der Waals surface area contributed by atoms with Gasteiger partial charge in [-0.25, -0.2) is 0 Å². The van der Waals surface area contributed by atoms with Crippen molar-refractivity contribution in [2.24, 2.45) is 23.7 Å². The smallest absolute Gasteiger partial charge is 0.0703 e. The van der Waals surface area contributed by atoms with Gasteiger partial charge in [0.05, 0.1) is 7.85 Å². The maximum atomic E-state index is 6.11. The van der Waals surface area contributed by atoms with Gasteiger partial charge in [0.25, 0.3) is 0 Å². The first-order valence-electron chi connectivity index (χ1n) is 5.10.